The normalized spacial score (nSPS) is 12.8. The van der Waals surface area contributed by atoms with Crippen LogP contribution in [0.25, 0.3) is 0 Å². The lowest BCUT2D eigenvalue weighted by atomic mass is 10.1. The number of nitrogens with zero attached hydrogens (tertiary/aromatic N) is 1. The number of carbonyl (C=O) groups excluding carboxylic acids is 2. The fraction of sp³-hybridized carbons (Fsp3) is 0.818. The van der Waals surface area contributed by atoms with Gasteiger partial charge in [0.2, 0.25) is 11.8 Å². The summed E-state index contributed by atoms with van der Waals surface area (Å²) in [6.45, 7) is 4.20. The van der Waals surface area contributed by atoms with Crippen molar-refractivity contribution < 1.29 is 29.4 Å². The fourth-order valence-electron chi connectivity index (χ4n) is 3.05. The van der Waals surface area contributed by atoms with Gasteiger partial charge in [0.25, 0.3) is 0 Å². The van der Waals surface area contributed by atoms with Crippen molar-refractivity contribution in [3.05, 3.63) is 0 Å². The highest BCUT2D eigenvalue weighted by molar-refractivity contribution is 8.76. The minimum Gasteiger partial charge on any atom is -0.480 e. The first-order valence-electron chi connectivity index (χ1n) is 11.6. The van der Waals surface area contributed by atoms with Crippen molar-refractivity contribution in [1.29, 1.82) is 0 Å². The molecule has 2 atom stereocenters. The largest absolute Gasteiger partial charge is 0.480 e. The molecule has 0 fully saturated rings. The van der Waals surface area contributed by atoms with Gasteiger partial charge in [0.05, 0.1) is 0 Å². The van der Waals surface area contributed by atoms with Gasteiger partial charge in [0.1, 0.15) is 12.1 Å². The van der Waals surface area contributed by atoms with Gasteiger partial charge in [-0.25, -0.2) is 4.79 Å². The van der Waals surface area contributed by atoms with Crippen molar-refractivity contribution in [2.24, 2.45) is 5.73 Å². The maximum atomic E-state index is 12.9. The summed E-state index contributed by atoms with van der Waals surface area (Å²) in [4.78, 5) is 49.4. The molecule has 0 aromatic carbocycles. The zero-order valence-corrected chi connectivity index (χ0v) is 21.1. The number of aliphatic carboxylic acids is 2. The molecule has 0 aliphatic carbocycles. The highest BCUT2D eigenvalue weighted by Crippen LogP contribution is 2.25. The third-order valence-corrected chi connectivity index (χ3v) is 7.43. The predicted octanol–water partition coefficient (Wildman–Crippen LogP) is 4.31. The number of amides is 2. The molecule has 0 rings (SSSR count). The van der Waals surface area contributed by atoms with E-state index in [0.717, 1.165) is 77.9 Å². The molecule has 0 heterocycles. The molecule has 10 heteroatoms. The summed E-state index contributed by atoms with van der Waals surface area (Å²) in [7, 11) is 2.24. The number of imide groups is 1. The second-order valence-corrected chi connectivity index (χ2v) is 10.4. The zero-order chi connectivity index (χ0) is 24.4. The van der Waals surface area contributed by atoms with Crippen LogP contribution in [-0.2, 0) is 19.2 Å². The summed E-state index contributed by atoms with van der Waals surface area (Å²) in [5.41, 5.74) is 5.46. The lowest BCUT2D eigenvalue weighted by Gasteiger charge is -2.27. The van der Waals surface area contributed by atoms with E-state index < -0.39 is 35.8 Å². The molecule has 2 unspecified atom stereocenters. The van der Waals surface area contributed by atoms with Crippen LogP contribution in [0.4, 0.5) is 0 Å². The van der Waals surface area contributed by atoms with Gasteiger partial charge in [0, 0.05) is 24.3 Å². The first kappa shape index (κ1) is 30.7. The molecule has 0 saturated heterocycles. The summed E-state index contributed by atoms with van der Waals surface area (Å²) in [6.07, 6.45) is 9.63. The van der Waals surface area contributed by atoms with Gasteiger partial charge in [-0.05, 0) is 12.8 Å². The SMILES string of the molecule is CCCCCCCC(=O)N(C(=O)CCCCCCC)C(CSSCC(N)C(=O)O)C(=O)O. The van der Waals surface area contributed by atoms with Gasteiger partial charge in [-0.3, -0.25) is 19.3 Å². The number of carbonyl (C=O) groups is 4. The highest BCUT2D eigenvalue weighted by Gasteiger charge is 2.34. The lowest BCUT2D eigenvalue weighted by Crippen LogP contribution is -2.50. The summed E-state index contributed by atoms with van der Waals surface area (Å²) in [5.74, 6) is -3.18. The highest BCUT2D eigenvalue weighted by atomic mass is 33.1. The molecule has 4 N–H and O–H groups in total. The van der Waals surface area contributed by atoms with Crippen molar-refractivity contribution in [2.45, 2.75) is 103 Å². The van der Waals surface area contributed by atoms with E-state index in [0.29, 0.717) is 12.8 Å². The van der Waals surface area contributed by atoms with Gasteiger partial charge in [0.15, 0.2) is 0 Å². The van der Waals surface area contributed by atoms with Crippen LogP contribution in [0.2, 0.25) is 0 Å². The maximum Gasteiger partial charge on any atom is 0.327 e. The van der Waals surface area contributed by atoms with Gasteiger partial charge in [-0.15, -0.1) is 0 Å². The minimum absolute atomic E-state index is 0.0184. The Morgan fingerprint density at radius 2 is 1.16 bits per heavy atom. The Balaban J connectivity index is 5.04. The molecule has 0 saturated carbocycles. The third-order valence-electron chi connectivity index (χ3n) is 5.00. The van der Waals surface area contributed by atoms with E-state index in [1.54, 1.807) is 0 Å². The predicted molar refractivity (Wildman–Crippen MR) is 131 cm³/mol. The molecule has 186 valence electrons. The molecule has 0 aliphatic heterocycles. The van der Waals surface area contributed by atoms with E-state index in [-0.39, 0.29) is 24.3 Å². The molecule has 0 spiro atoms. The van der Waals surface area contributed by atoms with Crippen LogP contribution in [0.5, 0.6) is 0 Å². The number of carboxylic acid groups (broad SMARTS) is 2. The first-order valence-corrected chi connectivity index (χ1v) is 14.0. The first-order chi connectivity index (χ1) is 15.3. The summed E-state index contributed by atoms with van der Waals surface area (Å²) >= 11 is 0. The quantitative estimate of drug-likeness (QED) is 0.168. The van der Waals surface area contributed by atoms with Crippen LogP contribution >= 0.6 is 21.6 Å². The monoisotopic (exact) mass is 492 g/mol. The second-order valence-electron chi connectivity index (χ2n) is 7.85. The van der Waals surface area contributed by atoms with Gasteiger partial charge >= 0.3 is 11.9 Å². The fourth-order valence-corrected chi connectivity index (χ4v) is 5.35. The number of hydrogen-bond acceptors (Lipinski definition) is 7. The van der Waals surface area contributed by atoms with Crippen LogP contribution in [0.1, 0.15) is 90.9 Å². The molecule has 0 aromatic heterocycles. The number of hydrogen-bond donors (Lipinski definition) is 3. The topological polar surface area (TPSA) is 138 Å². The van der Waals surface area contributed by atoms with E-state index in [1.807, 2.05) is 0 Å². The van der Waals surface area contributed by atoms with E-state index >= 15 is 0 Å². The molecular weight excluding hydrogens is 452 g/mol. The van der Waals surface area contributed by atoms with Gasteiger partial charge < -0.3 is 15.9 Å². The summed E-state index contributed by atoms with van der Waals surface area (Å²) in [5, 5.41) is 18.6. The molecule has 8 nitrogen and oxygen atoms in total. The Bertz CT molecular complexity index is 551. The van der Waals surface area contributed by atoms with Crippen molar-refractivity contribution in [2.75, 3.05) is 11.5 Å². The molecule has 2 amide bonds. The van der Waals surface area contributed by atoms with Gasteiger partial charge in [-0.1, -0.05) is 86.8 Å². The lowest BCUT2D eigenvalue weighted by molar-refractivity contribution is -0.157. The van der Waals surface area contributed by atoms with Gasteiger partial charge in [-0.2, -0.15) is 0 Å². The molecule has 0 radical (unpaired) electrons. The van der Waals surface area contributed by atoms with Crippen LogP contribution in [0.15, 0.2) is 0 Å². The summed E-state index contributed by atoms with van der Waals surface area (Å²) < 4.78 is 0. The Labute approximate surface area is 199 Å². The molecule has 0 bridgehead atoms. The van der Waals surface area contributed by atoms with Crippen LogP contribution in [0, 0.1) is 0 Å². The van der Waals surface area contributed by atoms with E-state index in [2.05, 4.69) is 13.8 Å². The van der Waals surface area contributed by atoms with Crippen molar-refractivity contribution >= 4 is 45.3 Å². The number of nitrogens with two attached hydrogens (primary N) is 1. The van der Waals surface area contributed by atoms with Crippen LogP contribution in [-0.4, -0.2) is 62.5 Å². The van der Waals surface area contributed by atoms with E-state index in [4.69, 9.17) is 10.8 Å². The van der Waals surface area contributed by atoms with Crippen molar-refractivity contribution in [3.63, 3.8) is 0 Å². The number of rotatable bonds is 20. The molecule has 32 heavy (non-hydrogen) atoms. The van der Waals surface area contributed by atoms with Crippen molar-refractivity contribution in [1.82, 2.24) is 4.90 Å². The second kappa shape index (κ2) is 19.2. The number of carboxylic acids is 2. The van der Waals surface area contributed by atoms with Crippen LogP contribution in [0.3, 0.4) is 0 Å². The Hall–Kier alpha value is -1.26. The average Bonchev–Trinajstić information content (AvgIpc) is 2.74. The molecule has 0 aliphatic rings. The zero-order valence-electron chi connectivity index (χ0n) is 19.4. The van der Waals surface area contributed by atoms with E-state index in [1.165, 1.54) is 0 Å². The summed E-state index contributed by atoms with van der Waals surface area (Å²) in [6, 6.07) is -2.33. The third kappa shape index (κ3) is 14.0. The minimum atomic E-state index is -1.28. The van der Waals surface area contributed by atoms with Crippen LogP contribution < -0.4 is 5.73 Å². The molecular formula is C22H40N2O6S2. The smallest absolute Gasteiger partial charge is 0.327 e. The number of unbranched alkanes of at least 4 members (excludes halogenated alkanes) is 8. The standard InChI is InChI=1S/C22H40N2O6S2/c1-3-5-7-9-11-13-19(25)24(20(26)14-12-10-8-6-4-2)18(22(29)30)16-32-31-15-17(23)21(27)28/h17-18H,3-16,23H2,1-2H3,(H,27,28)(H,29,30). The maximum absolute atomic E-state index is 12.9. The Morgan fingerprint density at radius 3 is 1.56 bits per heavy atom. The molecule has 0 aromatic rings. The Kier molecular flexibility index (Phi) is 18.5. The van der Waals surface area contributed by atoms with Crippen molar-refractivity contribution in [3.8, 4) is 0 Å². The van der Waals surface area contributed by atoms with E-state index in [9.17, 15) is 24.3 Å². The Morgan fingerprint density at radius 1 is 0.719 bits per heavy atom. The average molecular weight is 493 g/mol.